The van der Waals surface area contributed by atoms with Crippen LogP contribution in [-0.2, 0) is 11.8 Å². The first-order valence-corrected chi connectivity index (χ1v) is 9.59. The molecule has 0 bridgehead atoms. The zero-order chi connectivity index (χ0) is 17.9. The Labute approximate surface area is 156 Å². The molecule has 0 heteroatoms. The van der Waals surface area contributed by atoms with Crippen molar-refractivity contribution in [2.75, 3.05) is 0 Å². The van der Waals surface area contributed by atoms with Gasteiger partial charge < -0.3 is 0 Å². The summed E-state index contributed by atoms with van der Waals surface area (Å²) in [5, 5.41) is 0. The maximum atomic E-state index is 2.41. The Kier molecular flexibility index (Phi) is 3.28. The predicted octanol–water partition coefficient (Wildman–Crippen LogP) is 6.65. The summed E-state index contributed by atoms with van der Waals surface area (Å²) in [6.45, 7) is 7.05. The summed E-state index contributed by atoms with van der Waals surface area (Å²) in [4.78, 5) is 0. The topological polar surface area (TPSA) is 0 Å². The molecule has 0 amide bonds. The molecule has 2 aliphatic carbocycles. The molecular weight excluding hydrogens is 312 g/mol. The van der Waals surface area contributed by atoms with Crippen LogP contribution in [0.1, 0.15) is 53.1 Å². The molecule has 0 heterocycles. The van der Waals surface area contributed by atoms with E-state index in [1.165, 1.54) is 44.5 Å². The van der Waals surface area contributed by atoms with Crippen LogP contribution in [-0.4, -0.2) is 0 Å². The van der Waals surface area contributed by atoms with Gasteiger partial charge in [-0.2, -0.15) is 0 Å². The van der Waals surface area contributed by atoms with Gasteiger partial charge in [0.15, 0.2) is 0 Å². The fourth-order valence-electron chi connectivity index (χ4n) is 5.05. The van der Waals surface area contributed by atoms with E-state index < -0.39 is 0 Å². The number of hydrogen-bond acceptors (Lipinski definition) is 0. The highest BCUT2D eigenvalue weighted by Gasteiger charge is 2.38. The minimum atomic E-state index is 0.0500. The first-order chi connectivity index (χ1) is 12.6. The van der Waals surface area contributed by atoms with Crippen LogP contribution in [0.15, 0.2) is 66.7 Å². The Balaban J connectivity index is 1.67. The molecule has 3 aromatic carbocycles. The lowest BCUT2D eigenvalue weighted by Crippen LogP contribution is -2.25. The van der Waals surface area contributed by atoms with Crippen molar-refractivity contribution in [3.63, 3.8) is 0 Å². The highest BCUT2D eigenvalue weighted by atomic mass is 14.4. The first-order valence-electron chi connectivity index (χ1n) is 9.59. The van der Waals surface area contributed by atoms with Crippen LogP contribution in [0, 0.1) is 6.92 Å². The molecule has 2 unspecified atom stereocenters. The third kappa shape index (κ3) is 2.02. The Morgan fingerprint density at radius 1 is 0.923 bits per heavy atom. The molecule has 0 saturated heterocycles. The molecule has 0 fully saturated rings. The summed E-state index contributed by atoms with van der Waals surface area (Å²) >= 11 is 0. The molecule has 0 spiro atoms. The van der Waals surface area contributed by atoms with E-state index in [1.54, 1.807) is 0 Å². The van der Waals surface area contributed by atoms with E-state index in [0.29, 0.717) is 5.92 Å². The quantitative estimate of drug-likeness (QED) is 0.384. The van der Waals surface area contributed by atoms with Gasteiger partial charge in [0.2, 0.25) is 0 Å². The Bertz CT molecular complexity index is 1050. The molecule has 26 heavy (non-hydrogen) atoms. The molecule has 0 radical (unpaired) electrons. The lowest BCUT2D eigenvalue weighted by molar-refractivity contribution is 0.497. The van der Waals surface area contributed by atoms with Crippen LogP contribution in [0.5, 0.6) is 0 Å². The van der Waals surface area contributed by atoms with Crippen LogP contribution >= 0.6 is 0 Å². The highest BCUT2D eigenvalue weighted by Crippen LogP contribution is 2.49. The summed E-state index contributed by atoms with van der Waals surface area (Å²) in [5.41, 5.74) is 11.7. The zero-order valence-electron chi connectivity index (χ0n) is 15.7. The van der Waals surface area contributed by atoms with E-state index in [4.69, 9.17) is 0 Å². The molecular formula is C26H24. The normalized spacial score (nSPS) is 20.6. The smallest absolute Gasteiger partial charge is 0.0179 e. The third-order valence-corrected chi connectivity index (χ3v) is 6.73. The van der Waals surface area contributed by atoms with Crippen LogP contribution in [0.2, 0.25) is 0 Å². The lowest BCUT2D eigenvalue weighted by atomic mass is 9.70. The maximum absolute atomic E-state index is 2.41. The summed E-state index contributed by atoms with van der Waals surface area (Å²) < 4.78 is 0. The third-order valence-electron chi connectivity index (χ3n) is 6.73. The largest absolute Gasteiger partial charge is 0.0730 e. The Morgan fingerprint density at radius 3 is 2.58 bits per heavy atom. The second-order valence-corrected chi connectivity index (χ2v) is 8.08. The SMILES string of the molecule is Cc1ccc(C(C)C2(C)C=Cc3ccccc32)c2c1-c1ccccc1C2. The molecule has 0 nitrogen and oxygen atoms in total. The number of fused-ring (bicyclic) bond motifs is 4. The fraction of sp³-hybridized carbons (Fsp3) is 0.231. The van der Waals surface area contributed by atoms with Crippen molar-refractivity contribution in [3.05, 3.63) is 100 Å². The van der Waals surface area contributed by atoms with E-state index in [9.17, 15) is 0 Å². The number of allylic oxidation sites excluding steroid dienone is 1. The molecule has 0 N–H and O–H groups in total. The van der Waals surface area contributed by atoms with E-state index >= 15 is 0 Å². The highest BCUT2D eigenvalue weighted by molar-refractivity contribution is 5.81. The van der Waals surface area contributed by atoms with Crippen molar-refractivity contribution < 1.29 is 0 Å². The van der Waals surface area contributed by atoms with Gasteiger partial charge in [-0.05, 0) is 63.8 Å². The van der Waals surface area contributed by atoms with Gasteiger partial charge in [0.1, 0.15) is 0 Å². The Morgan fingerprint density at radius 2 is 1.69 bits per heavy atom. The minimum absolute atomic E-state index is 0.0500. The standard InChI is InChI=1S/C26H24/c1-17-12-13-21(23-16-20-9-4-6-10-22(20)25(17)23)18(2)26(3)15-14-19-8-5-7-11-24(19)26/h4-15,18H,16H2,1-3H3. The summed E-state index contributed by atoms with van der Waals surface area (Å²) in [6, 6.07) is 22.5. The molecule has 2 aliphatic rings. The van der Waals surface area contributed by atoms with Gasteiger partial charge in [-0.1, -0.05) is 86.7 Å². The molecule has 0 aromatic heterocycles. The molecule has 0 aliphatic heterocycles. The fourth-order valence-corrected chi connectivity index (χ4v) is 5.05. The van der Waals surface area contributed by atoms with Crippen molar-refractivity contribution in [1.82, 2.24) is 0 Å². The molecule has 128 valence electrons. The maximum Gasteiger partial charge on any atom is 0.0179 e. The second-order valence-electron chi connectivity index (χ2n) is 8.08. The zero-order valence-corrected chi connectivity index (χ0v) is 15.7. The van der Waals surface area contributed by atoms with Gasteiger partial charge in [0.05, 0.1) is 0 Å². The van der Waals surface area contributed by atoms with Gasteiger partial charge in [0.25, 0.3) is 0 Å². The van der Waals surface area contributed by atoms with Gasteiger partial charge in [0, 0.05) is 5.41 Å². The summed E-state index contributed by atoms with van der Waals surface area (Å²) in [7, 11) is 0. The van der Waals surface area contributed by atoms with E-state index in [2.05, 4.69) is 93.6 Å². The number of rotatable bonds is 2. The average Bonchev–Trinajstić information content (AvgIpc) is 3.22. The molecule has 5 rings (SSSR count). The number of hydrogen-bond donors (Lipinski definition) is 0. The Hall–Kier alpha value is -2.60. The van der Waals surface area contributed by atoms with Crippen molar-refractivity contribution in [2.45, 2.75) is 38.5 Å². The monoisotopic (exact) mass is 336 g/mol. The van der Waals surface area contributed by atoms with Crippen molar-refractivity contribution in [1.29, 1.82) is 0 Å². The number of benzene rings is 3. The van der Waals surface area contributed by atoms with E-state index in [-0.39, 0.29) is 5.41 Å². The minimum Gasteiger partial charge on any atom is -0.0730 e. The van der Waals surface area contributed by atoms with Crippen LogP contribution < -0.4 is 0 Å². The number of aryl methyl sites for hydroxylation is 1. The van der Waals surface area contributed by atoms with Crippen molar-refractivity contribution >= 4 is 6.08 Å². The van der Waals surface area contributed by atoms with Gasteiger partial charge in [-0.15, -0.1) is 0 Å². The van der Waals surface area contributed by atoms with Gasteiger partial charge in [-0.3, -0.25) is 0 Å². The predicted molar refractivity (Wildman–Crippen MR) is 111 cm³/mol. The summed E-state index contributed by atoms with van der Waals surface area (Å²) in [6.07, 6.45) is 5.78. The van der Waals surface area contributed by atoms with E-state index in [0.717, 1.165) is 6.42 Å². The molecule has 0 saturated carbocycles. The van der Waals surface area contributed by atoms with Crippen LogP contribution in [0.25, 0.3) is 17.2 Å². The second kappa shape index (κ2) is 5.45. The molecule has 3 aromatic rings. The van der Waals surface area contributed by atoms with Crippen molar-refractivity contribution in [2.24, 2.45) is 0 Å². The van der Waals surface area contributed by atoms with Gasteiger partial charge in [-0.25, -0.2) is 0 Å². The first kappa shape index (κ1) is 15.6. The van der Waals surface area contributed by atoms with Gasteiger partial charge >= 0.3 is 0 Å². The summed E-state index contributed by atoms with van der Waals surface area (Å²) in [5.74, 6) is 0.436. The van der Waals surface area contributed by atoms with Crippen LogP contribution in [0.3, 0.4) is 0 Å². The van der Waals surface area contributed by atoms with E-state index in [1.807, 2.05) is 0 Å². The van der Waals surface area contributed by atoms with Crippen molar-refractivity contribution in [3.8, 4) is 11.1 Å². The molecule has 2 atom stereocenters. The lowest BCUT2D eigenvalue weighted by Gasteiger charge is -2.33. The van der Waals surface area contributed by atoms with Crippen LogP contribution in [0.4, 0.5) is 0 Å². The average molecular weight is 336 g/mol.